The van der Waals surface area contributed by atoms with Crippen LogP contribution in [0.3, 0.4) is 0 Å². The number of rotatable bonds is 5. The van der Waals surface area contributed by atoms with Gasteiger partial charge in [0, 0.05) is 12.6 Å². The number of carbonyl (C=O) groups excluding carboxylic acids is 1. The van der Waals surface area contributed by atoms with Crippen molar-refractivity contribution in [3.05, 3.63) is 71.3 Å². The lowest BCUT2D eigenvalue weighted by molar-refractivity contribution is 0.0754. The Hall–Kier alpha value is -2.66. The van der Waals surface area contributed by atoms with E-state index in [1.54, 1.807) is 7.05 Å². The molecule has 0 aliphatic heterocycles. The quantitative estimate of drug-likeness (QED) is 0.655. The molecule has 1 unspecified atom stereocenters. The molecule has 5 heteroatoms. The highest BCUT2D eigenvalue weighted by molar-refractivity contribution is 5.93. The van der Waals surface area contributed by atoms with Gasteiger partial charge in [-0.3, -0.25) is 4.79 Å². The van der Waals surface area contributed by atoms with Crippen LogP contribution in [-0.4, -0.2) is 27.4 Å². The predicted octanol–water partition coefficient (Wildman–Crippen LogP) is 4.58. The molecule has 2 fully saturated rings. The van der Waals surface area contributed by atoms with E-state index in [-0.39, 0.29) is 11.8 Å². The Balaban J connectivity index is 1.31. The average molecular weight is 404 g/mol. The highest BCUT2D eigenvalue weighted by Crippen LogP contribution is 2.47. The molecule has 2 N–H and O–H groups in total. The Bertz CT molecular complexity index is 1040. The average Bonchev–Trinajstić information content (AvgIpc) is 3.54. The van der Waals surface area contributed by atoms with E-state index in [4.69, 9.17) is 0 Å². The van der Waals surface area contributed by atoms with Gasteiger partial charge in [-0.1, -0.05) is 18.2 Å². The van der Waals surface area contributed by atoms with Crippen LogP contribution in [0, 0.1) is 5.92 Å². The number of benzene rings is 1. The van der Waals surface area contributed by atoms with Crippen LogP contribution in [-0.2, 0) is 0 Å². The van der Waals surface area contributed by atoms with Crippen molar-refractivity contribution in [3.63, 3.8) is 0 Å². The van der Waals surface area contributed by atoms with Crippen molar-refractivity contribution in [2.24, 2.45) is 5.92 Å². The molecular formula is C25H29N3O2. The first-order valence-electron chi connectivity index (χ1n) is 11.1. The standard InChI is InChI=1S/C25H29N3O2/c1-26-25(30)20-10-4-17(5-11-20)16-2-8-19(9-3-16)24(29)23-22(18-6-7-18)13-12-21-14-27-15-28(21)23/h4-5,10-16,18-19,24,29H,2-3,6-9H2,1H3,(H,26,30). The first-order valence-corrected chi connectivity index (χ1v) is 11.1. The van der Waals surface area contributed by atoms with Crippen molar-refractivity contribution in [2.45, 2.75) is 56.5 Å². The number of nitrogens with one attached hydrogen (secondary N) is 1. The number of aliphatic hydroxyl groups excluding tert-OH is 1. The Morgan fingerprint density at radius 2 is 1.73 bits per heavy atom. The lowest BCUT2D eigenvalue weighted by Gasteiger charge is -2.33. The van der Waals surface area contributed by atoms with Crippen molar-refractivity contribution in [3.8, 4) is 0 Å². The van der Waals surface area contributed by atoms with Gasteiger partial charge in [-0.05, 0) is 85.6 Å². The van der Waals surface area contributed by atoms with Crippen molar-refractivity contribution < 1.29 is 9.90 Å². The number of nitrogens with zero attached hydrogens (tertiary/aromatic N) is 2. The number of aliphatic hydroxyl groups is 1. The van der Waals surface area contributed by atoms with Gasteiger partial charge in [-0.15, -0.1) is 0 Å². The van der Waals surface area contributed by atoms with E-state index in [0.717, 1.165) is 36.9 Å². The minimum Gasteiger partial charge on any atom is -0.387 e. The molecule has 1 amide bonds. The number of hydrogen-bond donors (Lipinski definition) is 2. The number of fused-ring (bicyclic) bond motifs is 1. The van der Waals surface area contributed by atoms with Crippen molar-refractivity contribution in [1.29, 1.82) is 0 Å². The second kappa shape index (κ2) is 7.88. The molecule has 0 radical (unpaired) electrons. The van der Waals surface area contributed by atoms with E-state index in [2.05, 4.69) is 39.0 Å². The summed E-state index contributed by atoms with van der Waals surface area (Å²) in [5.74, 6) is 1.32. The summed E-state index contributed by atoms with van der Waals surface area (Å²) < 4.78 is 2.10. The first kappa shape index (κ1) is 19.3. The molecular weight excluding hydrogens is 374 g/mol. The van der Waals surface area contributed by atoms with E-state index >= 15 is 0 Å². The van der Waals surface area contributed by atoms with E-state index in [1.807, 2.05) is 24.7 Å². The molecule has 30 heavy (non-hydrogen) atoms. The Labute approximate surface area is 177 Å². The van der Waals surface area contributed by atoms with Crippen LogP contribution in [0.1, 0.15) is 83.6 Å². The van der Waals surface area contributed by atoms with Crippen LogP contribution in [0.15, 0.2) is 48.9 Å². The summed E-state index contributed by atoms with van der Waals surface area (Å²) in [7, 11) is 1.65. The van der Waals surface area contributed by atoms with E-state index in [1.165, 1.54) is 24.0 Å². The Kier molecular flexibility index (Phi) is 5.07. The molecule has 0 bridgehead atoms. The molecule has 2 aromatic heterocycles. The number of hydrogen-bond acceptors (Lipinski definition) is 3. The maximum Gasteiger partial charge on any atom is 0.251 e. The van der Waals surface area contributed by atoms with Crippen LogP contribution < -0.4 is 5.32 Å². The van der Waals surface area contributed by atoms with Crippen LogP contribution >= 0.6 is 0 Å². The predicted molar refractivity (Wildman–Crippen MR) is 117 cm³/mol. The van der Waals surface area contributed by atoms with Crippen molar-refractivity contribution in [1.82, 2.24) is 14.7 Å². The molecule has 0 saturated heterocycles. The van der Waals surface area contributed by atoms with Gasteiger partial charge in [0.1, 0.15) is 0 Å². The number of pyridine rings is 1. The van der Waals surface area contributed by atoms with Gasteiger partial charge in [0.2, 0.25) is 0 Å². The van der Waals surface area contributed by atoms with Crippen LogP contribution in [0.2, 0.25) is 0 Å². The molecule has 2 saturated carbocycles. The highest BCUT2D eigenvalue weighted by atomic mass is 16.3. The van der Waals surface area contributed by atoms with Gasteiger partial charge in [0.05, 0.1) is 29.8 Å². The van der Waals surface area contributed by atoms with Crippen molar-refractivity contribution >= 4 is 11.4 Å². The molecule has 156 valence electrons. The van der Waals surface area contributed by atoms with Crippen LogP contribution in [0.4, 0.5) is 0 Å². The lowest BCUT2D eigenvalue weighted by Crippen LogP contribution is -2.22. The van der Waals surface area contributed by atoms with Crippen LogP contribution in [0.5, 0.6) is 0 Å². The smallest absolute Gasteiger partial charge is 0.251 e. The maximum atomic E-state index is 11.8. The molecule has 1 atom stereocenters. The number of carbonyl (C=O) groups is 1. The summed E-state index contributed by atoms with van der Waals surface area (Å²) in [5, 5.41) is 14.1. The molecule has 2 aliphatic rings. The van der Waals surface area contributed by atoms with Gasteiger partial charge in [-0.2, -0.15) is 0 Å². The third-order valence-electron chi connectivity index (χ3n) is 7.04. The summed E-state index contributed by atoms with van der Waals surface area (Å²) in [6.45, 7) is 0. The zero-order valence-electron chi connectivity index (χ0n) is 17.4. The first-order chi connectivity index (χ1) is 14.7. The minimum atomic E-state index is -0.449. The third kappa shape index (κ3) is 3.52. The van der Waals surface area contributed by atoms with E-state index in [0.29, 0.717) is 17.4 Å². The van der Waals surface area contributed by atoms with Gasteiger partial charge in [0.15, 0.2) is 0 Å². The van der Waals surface area contributed by atoms with Crippen LogP contribution in [0.25, 0.3) is 5.52 Å². The van der Waals surface area contributed by atoms with Crippen molar-refractivity contribution in [2.75, 3.05) is 7.05 Å². The fourth-order valence-corrected chi connectivity index (χ4v) is 5.12. The molecule has 0 spiro atoms. The number of aromatic nitrogens is 2. The van der Waals surface area contributed by atoms with E-state index in [9.17, 15) is 9.90 Å². The summed E-state index contributed by atoms with van der Waals surface area (Å²) in [6.07, 6.45) is 9.87. The number of imidazole rings is 1. The fourth-order valence-electron chi connectivity index (χ4n) is 5.12. The summed E-state index contributed by atoms with van der Waals surface area (Å²) in [4.78, 5) is 16.1. The Morgan fingerprint density at radius 3 is 2.40 bits per heavy atom. The highest BCUT2D eigenvalue weighted by Gasteiger charge is 2.34. The third-order valence-corrected chi connectivity index (χ3v) is 7.04. The number of amides is 1. The zero-order chi connectivity index (χ0) is 20.7. The largest absolute Gasteiger partial charge is 0.387 e. The fraction of sp³-hybridized carbons (Fsp3) is 0.440. The molecule has 3 aromatic rings. The maximum absolute atomic E-state index is 11.8. The minimum absolute atomic E-state index is 0.0477. The zero-order valence-corrected chi connectivity index (χ0v) is 17.4. The molecule has 2 aliphatic carbocycles. The van der Waals surface area contributed by atoms with Gasteiger partial charge >= 0.3 is 0 Å². The lowest BCUT2D eigenvalue weighted by atomic mass is 9.75. The Morgan fingerprint density at radius 1 is 1.03 bits per heavy atom. The van der Waals surface area contributed by atoms with Gasteiger partial charge < -0.3 is 14.8 Å². The summed E-state index contributed by atoms with van der Waals surface area (Å²) in [5.41, 5.74) is 5.42. The van der Waals surface area contributed by atoms with E-state index < -0.39 is 6.10 Å². The summed E-state index contributed by atoms with van der Waals surface area (Å²) >= 11 is 0. The molecule has 2 heterocycles. The molecule has 5 rings (SSSR count). The topological polar surface area (TPSA) is 66.6 Å². The summed E-state index contributed by atoms with van der Waals surface area (Å²) in [6, 6.07) is 12.3. The monoisotopic (exact) mass is 403 g/mol. The van der Waals surface area contributed by atoms with Gasteiger partial charge in [-0.25, -0.2) is 4.98 Å². The van der Waals surface area contributed by atoms with Gasteiger partial charge in [0.25, 0.3) is 5.91 Å². The second-order valence-electron chi connectivity index (χ2n) is 8.89. The normalized spacial score (nSPS) is 22.7. The second-order valence-corrected chi connectivity index (χ2v) is 8.89. The molecule has 5 nitrogen and oxygen atoms in total. The SMILES string of the molecule is CNC(=O)c1ccc(C2CCC(C(O)c3c(C4CC4)ccc4cncn34)CC2)cc1. The molecule has 1 aromatic carbocycles.